The van der Waals surface area contributed by atoms with E-state index >= 15 is 0 Å². The van der Waals surface area contributed by atoms with Crippen LogP contribution in [0.2, 0.25) is 0 Å². The van der Waals surface area contributed by atoms with Crippen molar-refractivity contribution in [3.63, 3.8) is 0 Å². The molecular formula is C22H16N6O5S. The molecule has 0 unspecified atom stereocenters. The molecule has 11 nitrogen and oxygen atoms in total. The lowest BCUT2D eigenvalue weighted by atomic mass is 10.1. The number of carboxylic acids is 1. The van der Waals surface area contributed by atoms with Crippen molar-refractivity contribution in [3.8, 4) is 17.1 Å². The predicted molar refractivity (Wildman–Crippen MR) is 124 cm³/mol. The Bertz CT molecular complexity index is 1330. The molecule has 0 fully saturated rings. The number of aromatic nitrogens is 4. The molecule has 4 aromatic rings. The summed E-state index contributed by atoms with van der Waals surface area (Å²) in [5.41, 5.74) is 0.864. The Morgan fingerprint density at radius 3 is 2.47 bits per heavy atom. The number of non-ortho nitro benzene ring substituents is 1. The van der Waals surface area contributed by atoms with E-state index in [1.165, 1.54) is 0 Å². The first-order valence-electron chi connectivity index (χ1n) is 9.79. The summed E-state index contributed by atoms with van der Waals surface area (Å²) in [6.07, 6.45) is 3.29. The molecule has 0 aliphatic carbocycles. The molecule has 4 rings (SSSR count). The average molecular weight is 476 g/mol. The number of nitrogens with zero attached hydrogens (tertiary/aromatic N) is 5. The Morgan fingerprint density at radius 1 is 1.06 bits per heavy atom. The second-order valence-electron chi connectivity index (χ2n) is 6.88. The second-order valence-corrected chi connectivity index (χ2v) is 7.82. The molecule has 2 aromatic carbocycles. The molecule has 0 radical (unpaired) electrons. The SMILES string of the molecule is O=C(CSc1nnc(-c2ccncc2)n1-c1ccccc1)Nc1cc(C(=O)O)cc([N+](=O)[O-])c1. The number of para-hydroxylation sites is 1. The van der Waals surface area contributed by atoms with Crippen LogP contribution in [0.1, 0.15) is 10.4 Å². The largest absolute Gasteiger partial charge is 0.478 e. The summed E-state index contributed by atoms with van der Waals surface area (Å²) in [6, 6.07) is 16.2. The number of aromatic carboxylic acids is 1. The van der Waals surface area contributed by atoms with Crippen LogP contribution in [0, 0.1) is 10.1 Å². The molecule has 0 bridgehead atoms. The van der Waals surface area contributed by atoms with Crippen molar-refractivity contribution in [2.45, 2.75) is 5.16 Å². The summed E-state index contributed by atoms with van der Waals surface area (Å²) >= 11 is 1.12. The van der Waals surface area contributed by atoms with Crippen molar-refractivity contribution in [1.82, 2.24) is 19.7 Å². The first-order chi connectivity index (χ1) is 16.4. The number of nitro benzene ring substituents is 1. The van der Waals surface area contributed by atoms with Gasteiger partial charge in [0.05, 0.1) is 16.2 Å². The van der Waals surface area contributed by atoms with Gasteiger partial charge < -0.3 is 10.4 Å². The van der Waals surface area contributed by atoms with Gasteiger partial charge in [0, 0.05) is 41.5 Å². The van der Waals surface area contributed by atoms with Crippen LogP contribution < -0.4 is 5.32 Å². The number of hydrogen-bond donors (Lipinski definition) is 2. The van der Waals surface area contributed by atoms with E-state index in [0.29, 0.717) is 11.0 Å². The number of thioether (sulfide) groups is 1. The zero-order valence-electron chi connectivity index (χ0n) is 17.4. The van der Waals surface area contributed by atoms with Gasteiger partial charge in [0.25, 0.3) is 5.69 Å². The van der Waals surface area contributed by atoms with Gasteiger partial charge in [0.15, 0.2) is 11.0 Å². The maximum Gasteiger partial charge on any atom is 0.336 e. The molecule has 2 aromatic heterocycles. The molecule has 0 spiro atoms. The van der Waals surface area contributed by atoms with Gasteiger partial charge in [0.1, 0.15) is 0 Å². The number of rotatable bonds is 8. The number of pyridine rings is 1. The normalized spacial score (nSPS) is 10.6. The molecule has 0 aliphatic rings. The zero-order chi connectivity index (χ0) is 24.1. The van der Waals surface area contributed by atoms with Crippen LogP contribution >= 0.6 is 11.8 Å². The molecule has 0 atom stereocenters. The maximum absolute atomic E-state index is 12.6. The molecule has 34 heavy (non-hydrogen) atoms. The minimum atomic E-state index is -1.34. The van der Waals surface area contributed by atoms with Crippen molar-refractivity contribution in [3.05, 3.63) is 88.7 Å². The van der Waals surface area contributed by atoms with Crippen LogP contribution in [0.3, 0.4) is 0 Å². The van der Waals surface area contributed by atoms with E-state index in [9.17, 15) is 24.8 Å². The predicted octanol–water partition coefficient (Wildman–Crippen LogP) is 3.67. The molecule has 0 saturated heterocycles. The lowest BCUT2D eigenvalue weighted by Crippen LogP contribution is -2.15. The lowest BCUT2D eigenvalue weighted by molar-refractivity contribution is -0.384. The van der Waals surface area contributed by atoms with Gasteiger partial charge in [-0.25, -0.2) is 4.79 Å². The fraction of sp³-hybridized carbons (Fsp3) is 0.0455. The van der Waals surface area contributed by atoms with Gasteiger partial charge in [-0.2, -0.15) is 0 Å². The van der Waals surface area contributed by atoms with Crippen molar-refractivity contribution in [1.29, 1.82) is 0 Å². The smallest absolute Gasteiger partial charge is 0.336 e. The number of nitrogens with one attached hydrogen (secondary N) is 1. The van der Waals surface area contributed by atoms with Crippen LogP contribution in [0.25, 0.3) is 17.1 Å². The van der Waals surface area contributed by atoms with Crippen molar-refractivity contribution in [2.75, 3.05) is 11.1 Å². The van der Waals surface area contributed by atoms with Crippen molar-refractivity contribution in [2.24, 2.45) is 0 Å². The third-order valence-corrected chi connectivity index (χ3v) is 5.51. The van der Waals surface area contributed by atoms with Crippen LogP contribution in [0.4, 0.5) is 11.4 Å². The molecule has 0 aliphatic heterocycles. The molecule has 0 saturated carbocycles. The van der Waals surface area contributed by atoms with Crippen LogP contribution in [0.15, 0.2) is 78.2 Å². The summed E-state index contributed by atoms with van der Waals surface area (Å²) in [5, 5.41) is 31.7. The van der Waals surface area contributed by atoms with E-state index in [2.05, 4.69) is 20.5 Å². The third kappa shape index (κ3) is 5.07. The molecule has 1 amide bonds. The van der Waals surface area contributed by atoms with E-state index in [0.717, 1.165) is 41.2 Å². The number of hydrogen-bond acceptors (Lipinski definition) is 8. The molecule has 2 N–H and O–H groups in total. The van der Waals surface area contributed by atoms with Crippen molar-refractivity contribution < 1.29 is 19.6 Å². The number of carbonyl (C=O) groups excluding carboxylic acids is 1. The third-order valence-electron chi connectivity index (χ3n) is 4.58. The van der Waals surface area contributed by atoms with E-state index in [1.807, 2.05) is 34.9 Å². The number of carboxylic acid groups (broad SMARTS) is 1. The Balaban J connectivity index is 1.56. The quantitative estimate of drug-likeness (QED) is 0.220. The number of amides is 1. The Labute approximate surface area is 196 Å². The summed E-state index contributed by atoms with van der Waals surface area (Å²) in [4.78, 5) is 38.2. The first kappa shape index (κ1) is 22.6. The Hall–Kier alpha value is -4.58. The van der Waals surface area contributed by atoms with Crippen LogP contribution in [-0.2, 0) is 4.79 Å². The standard InChI is InChI=1S/C22H16N6O5S/c29-19(24-16-10-15(21(30)31)11-18(12-16)28(32)33)13-34-22-26-25-20(14-6-8-23-9-7-14)27(22)17-4-2-1-3-5-17/h1-12H,13H2,(H,24,29)(H,30,31). The van der Waals surface area contributed by atoms with E-state index in [-0.39, 0.29) is 17.0 Å². The van der Waals surface area contributed by atoms with Gasteiger partial charge in [0.2, 0.25) is 5.91 Å². The number of carbonyl (C=O) groups is 2. The number of nitro groups is 1. The fourth-order valence-electron chi connectivity index (χ4n) is 3.10. The minimum Gasteiger partial charge on any atom is -0.478 e. The maximum atomic E-state index is 12.6. The lowest BCUT2D eigenvalue weighted by Gasteiger charge is -2.10. The Kier molecular flexibility index (Phi) is 6.59. The number of benzene rings is 2. The van der Waals surface area contributed by atoms with Gasteiger partial charge in [-0.15, -0.1) is 10.2 Å². The van der Waals surface area contributed by atoms with Gasteiger partial charge in [-0.05, 0) is 30.3 Å². The summed E-state index contributed by atoms with van der Waals surface area (Å²) in [7, 11) is 0. The monoisotopic (exact) mass is 476 g/mol. The molecule has 12 heteroatoms. The average Bonchev–Trinajstić information content (AvgIpc) is 3.27. The minimum absolute atomic E-state index is 0.0131. The van der Waals surface area contributed by atoms with E-state index in [1.54, 1.807) is 24.5 Å². The summed E-state index contributed by atoms with van der Waals surface area (Å²) in [5.74, 6) is -1.35. The summed E-state index contributed by atoms with van der Waals surface area (Å²) < 4.78 is 1.81. The van der Waals surface area contributed by atoms with Crippen LogP contribution in [-0.4, -0.2) is 47.4 Å². The topological polar surface area (TPSA) is 153 Å². The summed E-state index contributed by atoms with van der Waals surface area (Å²) in [6.45, 7) is 0. The molecule has 170 valence electrons. The highest BCUT2D eigenvalue weighted by Crippen LogP contribution is 2.28. The first-order valence-corrected chi connectivity index (χ1v) is 10.8. The van der Waals surface area contributed by atoms with Crippen LogP contribution in [0.5, 0.6) is 0 Å². The second kappa shape index (κ2) is 9.92. The van der Waals surface area contributed by atoms with E-state index in [4.69, 9.17) is 0 Å². The van der Waals surface area contributed by atoms with Gasteiger partial charge in [-0.1, -0.05) is 30.0 Å². The van der Waals surface area contributed by atoms with E-state index < -0.39 is 22.5 Å². The number of anilines is 1. The highest BCUT2D eigenvalue weighted by atomic mass is 32.2. The molecule has 2 heterocycles. The zero-order valence-corrected chi connectivity index (χ0v) is 18.2. The van der Waals surface area contributed by atoms with Gasteiger partial charge in [-0.3, -0.25) is 24.5 Å². The Morgan fingerprint density at radius 2 is 1.79 bits per heavy atom. The fourth-order valence-corrected chi connectivity index (χ4v) is 3.85. The van der Waals surface area contributed by atoms with Crippen molar-refractivity contribution >= 4 is 35.0 Å². The molecular weight excluding hydrogens is 460 g/mol. The highest BCUT2D eigenvalue weighted by molar-refractivity contribution is 7.99. The highest BCUT2D eigenvalue weighted by Gasteiger charge is 2.19. The van der Waals surface area contributed by atoms with Gasteiger partial charge >= 0.3 is 5.97 Å².